The molecule has 0 unspecified atom stereocenters. The van der Waals surface area contributed by atoms with Gasteiger partial charge in [-0.1, -0.05) is 6.07 Å². The summed E-state index contributed by atoms with van der Waals surface area (Å²) in [6, 6.07) is 7.70. The van der Waals surface area contributed by atoms with Crippen LogP contribution in [-0.2, 0) is 4.79 Å². The molecule has 1 amide bonds. The van der Waals surface area contributed by atoms with Crippen LogP contribution in [0.2, 0.25) is 0 Å². The van der Waals surface area contributed by atoms with Gasteiger partial charge in [0, 0.05) is 44.9 Å². The molecule has 168 valence electrons. The molecule has 7 nitrogen and oxygen atoms in total. The lowest BCUT2D eigenvalue weighted by Crippen LogP contribution is -2.52. The standard InChI is InChI=1S/C25H32N6O/c32-24(16-25-13-18-9-19(14-25)11-20(10-18)15-25)31-7-5-30(6-8-31)23-12-22(27-17-28-23)29-21-3-1-2-4-26-21/h1-4,12,17-20H,5-11,13-16H2,(H,26,27,28,29). The van der Waals surface area contributed by atoms with Crippen molar-refractivity contribution in [1.82, 2.24) is 19.9 Å². The van der Waals surface area contributed by atoms with Crippen LogP contribution in [0.4, 0.5) is 17.5 Å². The number of nitrogens with zero attached hydrogens (tertiary/aromatic N) is 5. The Bertz CT molecular complexity index is 936. The second-order valence-electron chi connectivity index (χ2n) is 10.6. The predicted octanol–water partition coefficient (Wildman–Crippen LogP) is 3.87. The van der Waals surface area contributed by atoms with E-state index in [1.165, 1.54) is 38.5 Å². The van der Waals surface area contributed by atoms with Crippen LogP contribution >= 0.6 is 0 Å². The van der Waals surface area contributed by atoms with Gasteiger partial charge in [0.05, 0.1) is 0 Å². The highest BCUT2D eigenvalue weighted by atomic mass is 16.2. The van der Waals surface area contributed by atoms with E-state index in [2.05, 4.69) is 30.1 Å². The molecule has 5 fully saturated rings. The molecule has 7 rings (SSSR count). The van der Waals surface area contributed by atoms with Crippen LogP contribution in [0, 0.1) is 23.2 Å². The van der Waals surface area contributed by atoms with Crippen molar-refractivity contribution in [2.45, 2.75) is 44.9 Å². The molecule has 5 aliphatic rings. The summed E-state index contributed by atoms with van der Waals surface area (Å²) in [5.41, 5.74) is 0.321. The molecule has 1 saturated heterocycles. The number of aromatic nitrogens is 3. The first-order chi connectivity index (χ1) is 15.6. The fourth-order valence-electron chi connectivity index (χ4n) is 7.28. The topological polar surface area (TPSA) is 74.2 Å². The monoisotopic (exact) mass is 432 g/mol. The zero-order valence-corrected chi connectivity index (χ0v) is 18.6. The molecule has 7 heteroatoms. The smallest absolute Gasteiger partial charge is 0.223 e. The summed E-state index contributed by atoms with van der Waals surface area (Å²) < 4.78 is 0. The van der Waals surface area contributed by atoms with Gasteiger partial charge in [-0.05, 0) is 73.8 Å². The third-order valence-corrected chi connectivity index (χ3v) is 8.22. The number of pyridine rings is 1. The number of hydrogen-bond acceptors (Lipinski definition) is 6. The van der Waals surface area contributed by atoms with E-state index in [4.69, 9.17) is 0 Å². The van der Waals surface area contributed by atoms with Crippen LogP contribution in [0.5, 0.6) is 0 Å². The van der Waals surface area contributed by atoms with Gasteiger partial charge < -0.3 is 15.1 Å². The molecule has 4 bridgehead atoms. The van der Waals surface area contributed by atoms with Gasteiger partial charge in [-0.2, -0.15) is 0 Å². The lowest BCUT2D eigenvalue weighted by Gasteiger charge is -2.57. The van der Waals surface area contributed by atoms with Gasteiger partial charge in [-0.15, -0.1) is 0 Å². The summed E-state index contributed by atoms with van der Waals surface area (Å²) in [5.74, 6) is 5.47. The Hall–Kier alpha value is -2.70. The first kappa shape index (κ1) is 19.9. The highest BCUT2D eigenvalue weighted by Crippen LogP contribution is 2.61. The third kappa shape index (κ3) is 3.93. The number of amides is 1. The molecule has 0 aromatic carbocycles. The quantitative estimate of drug-likeness (QED) is 0.773. The number of anilines is 3. The normalized spacial score (nSPS) is 31.1. The van der Waals surface area contributed by atoms with Crippen molar-refractivity contribution in [3.63, 3.8) is 0 Å². The minimum atomic E-state index is 0.321. The van der Waals surface area contributed by atoms with Crippen molar-refractivity contribution < 1.29 is 4.79 Å². The number of hydrogen-bond donors (Lipinski definition) is 1. The van der Waals surface area contributed by atoms with Crippen LogP contribution in [0.3, 0.4) is 0 Å². The number of piperazine rings is 1. The highest BCUT2D eigenvalue weighted by Gasteiger charge is 2.51. The predicted molar refractivity (Wildman–Crippen MR) is 124 cm³/mol. The Morgan fingerprint density at radius 2 is 1.66 bits per heavy atom. The van der Waals surface area contributed by atoms with Gasteiger partial charge >= 0.3 is 0 Å². The third-order valence-electron chi connectivity index (χ3n) is 8.22. The number of nitrogens with one attached hydrogen (secondary N) is 1. The Balaban J connectivity index is 1.06. The maximum Gasteiger partial charge on any atom is 0.223 e. The summed E-state index contributed by atoms with van der Waals surface area (Å²) in [5, 5.41) is 3.23. The highest BCUT2D eigenvalue weighted by molar-refractivity contribution is 5.77. The van der Waals surface area contributed by atoms with Crippen molar-refractivity contribution in [3.8, 4) is 0 Å². The van der Waals surface area contributed by atoms with E-state index in [0.29, 0.717) is 11.3 Å². The molecule has 2 aromatic rings. The van der Waals surface area contributed by atoms with E-state index in [1.807, 2.05) is 24.3 Å². The SMILES string of the molecule is O=C(CC12CC3CC(CC(C3)C1)C2)N1CCN(c2cc(Nc3ccccn3)ncn2)CC1. The molecule has 4 saturated carbocycles. The average molecular weight is 433 g/mol. The lowest BCUT2D eigenvalue weighted by atomic mass is 9.49. The number of carbonyl (C=O) groups is 1. The second-order valence-corrected chi connectivity index (χ2v) is 10.6. The Morgan fingerprint density at radius 1 is 0.938 bits per heavy atom. The maximum absolute atomic E-state index is 13.2. The Morgan fingerprint density at radius 3 is 2.31 bits per heavy atom. The van der Waals surface area contributed by atoms with Crippen molar-refractivity contribution in [2.24, 2.45) is 23.2 Å². The zero-order valence-electron chi connectivity index (χ0n) is 18.6. The summed E-state index contributed by atoms with van der Waals surface area (Å²) in [7, 11) is 0. The first-order valence-corrected chi connectivity index (χ1v) is 12.2. The minimum Gasteiger partial charge on any atom is -0.353 e. The molecule has 4 aliphatic carbocycles. The van der Waals surface area contributed by atoms with Gasteiger partial charge in [0.2, 0.25) is 5.91 Å². The number of rotatable bonds is 5. The van der Waals surface area contributed by atoms with Gasteiger partial charge in [0.25, 0.3) is 0 Å². The van der Waals surface area contributed by atoms with Crippen LogP contribution in [-0.4, -0.2) is 51.9 Å². The molecular weight excluding hydrogens is 400 g/mol. The Labute approximate surface area is 189 Å². The molecule has 1 N–H and O–H groups in total. The molecule has 0 radical (unpaired) electrons. The average Bonchev–Trinajstić information content (AvgIpc) is 2.79. The maximum atomic E-state index is 13.2. The summed E-state index contributed by atoms with van der Waals surface area (Å²) in [4.78, 5) is 30.7. The lowest BCUT2D eigenvalue weighted by molar-refractivity contribution is -0.139. The fraction of sp³-hybridized carbons (Fsp3) is 0.600. The largest absolute Gasteiger partial charge is 0.353 e. The van der Waals surface area contributed by atoms with E-state index in [9.17, 15) is 4.79 Å². The zero-order chi connectivity index (χ0) is 21.5. The van der Waals surface area contributed by atoms with Crippen molar-refractivity contribution in [2.75, 3.05) is 36.4 Å². The molecule has 32 heavy (non-hydrogen) atoms. The number of carbonyl (C=O) groups excluding carboxylic acids is 1. The van der Waals surface area contributed by atoms with Gasteiger partial charge in [0.15, 0.2) is 0 Å². The van der Waals surface area contributed by atoms with Gasteiger partial charge in [0.1, 0.15) is 23.8 Å². The van der Waals surface area contributed by atoms with E-state index >= 15 is 0 Å². The van der Waals surface area contributed by atoms with Crippen LogP contribution < -0.4 is 10.2 Å². The van der Waals surface area contributed by atoms with Gasteiger partial charge in [-0.25, -0.2) is 15.0 Å². The summed E-state index contributed by atoms with van der Waals surface area (Å²) in [6.07, 6.45) is 12.3. The Kier molecular flexibility index (Phi) is 5.00. The molecule has 0 atom stereocenters. The van der Waals surface area contributed by atoms with E-state index in [-0.39, 0.29) is 0 Å². The van der Waals surface area contributed by atoms with E-state index in [0.717, 1.165) is 67.8 Å². The van der Waals surface area contributed by atoms with Crippen LogP contribution in [0.15, 0.2) is 36.8 Å². The minimum absolute atomic E-state index is 0.321. The van der Waals surface area contributed by atoms with Crippen LogP contribution in [0.25, 0.3) is 0 Å². The van der Waals surface area contributed by atoms with Gasteiger partial charge in [-0.3, -0.25) is 4.79 Å². The molecule has 2 aromatic heterocycles. The van der Waals surface area contributed by atoms with Crippen molar-refractivity contribution in [1.29, 1.82) is 0 Å². The van der Waals surface area contributed by atoms with Crippen molar-refractivity contribution >= 4 is 23.4 Å². The molecule has 3 heterocycles. The fourth-order valence-corrected chi connectivity index (χ4v) is 7.28. The van der Waals surface area contributed by atoms with Crippen LogP contribution in [0.1, 0.15) is 44.9 Å². The molecule has 1 aliphatic heterocycles. The summed E-state index contributed by atoms with van der Waals surface area (Å²) >= 11 is 0. The molecular formula is C25H32N6O. The van der Waals surface area contributed by atoms with E-state index in [1.54, 1.807) is 12.5 Å². The first-order valence-electron chi connectivity index (χ1n) is 12.2. The second kappa shape index (κ2) is 8.01. The molecule has 0 spiro atoms. The summed E-state index contributed by atoms with van der Waals surface area (Å²) in [6.45, 7) is 3.18. The van der Waals surface area contributed by atoms with Crippen molar-refractivity contribution in [3.05, 3.63) is 36.8 Å². The van der Waals surface area contributed by atoms with E-state index < -0.39 is 0 Å².